The van der Waals surface area contributed by atoms with Crippen LogP contribution in [-0.2, 0) is 0 Å². The Hall–Kier alpha value is -4.44. The first kappa shape index (κ1) is 27.1. The first-order chi connectivity index (χ1) is 19.2. The third-order valence-corrected chi connectivity index (χ3v) is 6.85. The standard InChI is InChI=1S/C30H34N6O4/c1-19-11-12-21-22(8-4-10-24(21)33-18-30(2,3)39)26(19)40-27-23(9-5-14-31-27)25-13-15-32-28(35-25)34-20-7-6-16-36(17-20)29(37)38/h4-5,8-15,20,33,39H,6-7,16-18H2,1-3H3,(H,37,38)(H,32,34,35). The smallest absolute Gasteiger partial charge is 0.407 e. The van der Waals surface area contributed by atoms with E-state index in [1.54, 1.807) is 32.3 Å². The quantitative estimate of drug-likeness (QED) is 0.227. The number of hydrogen-bond donors (Lipinski definition) is 4. The Labute approximate surface area is 233 Å². The van der Waals surface area contributed by atoms with Gasteiger partial charge >= 0.3 is 6.09 Å². The number of carboxylic acid groups (broad SMARTS) is 1. The van der Waals surface area contributed by atoms with Gasteiger partial charge in [-0.15, -0.1) is 0 Å². The van der Waals surface area contributed by atoms with Gasteiger partial charge in [-0.2, -0.15) is 0 Å². The lowest BCUT2D eigenvalue weighted by Gasteiger charge is -2.31. The number of amides is 1. The van der Waals surface area contributed by atoms with Crippen molar-refractivity contribution >= 4 is 28.5 Å². The second kappa shape index (κ2) is 11.4. The molecule has 0 aliphatic carbocycles. The number of nitrogens with zero attached hydrogens (tertiary/aromatic N) is 4. The van der Waals surface area contributed by atoms with Crippen molar-refractivity contribution in [2.75, 3.05) is 30.3 Å². The average molecular weight is 543 g/mol. The summed E-state index contributed by atoms with van der Waals surface area (Å²) in [5, 5.41) is 28.1. The van der Waals surface area contributed by atoms with E-state index >= 15 is 0 Å². The summed E-state index contributed by atoms with van der Waals surface area (Å²) in [7, 11) is 0. The zero-order chi connectivity index (χ0) is 28.3. The summed E-state index contributed by atoms with van der Waals surface area (Å²) in [6.45, 7) is 6.85. The van der Waals surface area contributed by atoms with Crippen molar-refractivity contribution in [3.8, 4) is 22.9 Å². The molecule has 1 aliphatic heterocycles. The summed E-state index contributed by atoms with van der Waals surface area (Å²) < 4.78 is 6.50. The number of aromatic nitrogens is 3. The van der Waals surface area contributed by atoms with Gasteiger partial charge in [0, 0.05) is 54.5 Å². The molecular weight excluding hydrogens is 508 g/mol. The van der Waals surface area contributed by atoms with Crippen LogP contribution in [-0.4, -0.2) is 67.4 Å². The second-order valence-corrected chi connectivity index (χ2v) is 10.7. The summed E-state index contributed by atoms with van der Waals surface area (Å²) in [6, 6.07) is 15.5. The van der Waals surface area contributed by atoms with Gasteiger partial charge in [0.25, 0.3) is 0 Å². The number of piperidine rings is 1. The van der Waals surface area contributed by atoms with Gasteiger partial charge in [0.1, 0.15) is 5.75 Å². The Kier molecular flexibility index (Phi) is 7.70. The highest BCUT2D eigenvalue weighted by Gasteiger charge is 2.24. The number of anilines is 2. The number of fused-ring (bicyclic) bond motifs is 1. The highest BCUT2D eigenvalue weighted by Crippen LogP contribution is 2.38. The summed E-state index contributed by atoms with van der Waals surface area (Å²) in [5.41, 5.74) is 2.34. The molecule has 1 aliphatic rings. The molecule has 208 valence electrons. The van der Waals surface area contributed by atoms with E-state index in [2.05, 4.69) is 20.6 Å². The lowest BCUT2D eigenvalue weighted by molar-refractivity contribution is 0.0945. The van der Waals surface area contributed by atoms with Crippen LogP contribution in [0.5, 0.6) is 11.6 Å². The Morgan fingerprint density at radius 1 is 1.10 bits per heavy atom. The highest BCUT2D eigenvalue weighted by atomic mass is 16.5. The largest absolute Gasteiger partial charge is 0.465 e. The number of carbonyl (C=O) groups is 1. The molecule has 1 amide bonds. The third-order valence-electron chi connectivity index (χ3n) is 6.85. The van der Waals surface area contributed by atoms with E-state index in [1.807, 2.05) is 49.4 Å². The first-order valence-electron chi connectivity index (χ1n) is 13.4. The summed E-state index contributed by atoms with van der Waals surface area (Å²) in [5.74, 6) is 1.52. The van der Waals surface area contributed by atoms with Crippen molar-refractivity contribution in [2.24, 2.45) is 0 Å². The van der Waals surface area contributed by atoms with E-state index in [0.717, 1.165) is 34.9 Å². The van der Waals surface area contributed by atoms with Gasteiger partial charge in [0.2, 0.25) is 11.8 Å². The van der Waals surface area contributed by atoms with E-state index in [4.69, 9.17) is 9.72 Å². The van der Waals surface area contributed by atoms with E-state index in [0.29, 0.717) is 48.5 Å². The lowest BCUT2D eigenvalue weighted by atomic mass is 10.0. The molecule has 40 heavy (non-hydrogen) atoms. The van der Waals surface area contributed by atoms with Crippen LogP contribution in [0.25, 0.3) is 22.0 Å². The number of aliphatic hydroxyl groups is 1. The molecule has 1 fully saturated rings. The Morgan fingerprint density at radius 3 is 2.75 bits per heavy atom. The van der Waals surface area contributed by atoms with E-state index in [1.165, 1.54) is 4.90 Å². The molecular formula is C30H34N6O4. The molecule has 0 spiro atoms. The predicted octanol–water partition coefficient (Wildman–Crippen LogP) is 5.53. The zero-order valence-corrected chi connectivity index (χ0v) is 22.9. The minimum atomic E-state index is -0.915. The van der Waals surface area contributed by atoms with Crippen LogP contribution in [0.15, 0.2) is 60.9 Å². The molecule has 3 heterocycles. The molecule has 4 N–H and O–H groups in total. The van der Waals surface area contributed by atoms with Crippen LogP contribution in [0, 0.1) is 6.92 Å². The maximum Gasteiger partial charge on any atom is 0.407 e. The number of nitrogens with one attached hydrogen (secondary N) is 2. The van der Waals surface area contributed by atoms with Gasteiger partial charge in [0.05, 0.1) is 16.9 Å². The minimum absolute atomic E-state index is 0.0673. The molecule has 1 saturated heterocycles. The maximum atomic E-state index is 11.4. The lowest BCUT2D eigenvalue weighted by Crippen LogP contribution is -2.44. The van der Waals surface area contributed by atoms with E-state index in [9.17, 15) is 15.0 Å². The molecule has 2 aromatic heterocycles. The van der Waals surface area contributed by atoms with Crippen molar-refractivity contribution in [3.63, 3.8) is 0 Å². The molecule has 5 rings (SSSR count). The Morgan fingerprint density at radius 2 is 1.95 bits per heavy atom. The average Bonchev–Trinajstić information content (AvgIpc) is 2.93. The van der Waals surface area contributed by atoms with Crippen molar-refractivity contribution in [2.45, 2.75) is 45.3 Å². The Balaban J connectivity index is 1.43. The number of hydrogen-bond acceptors (Lipinski definition) is 8. The number of likely N-dealkylation sites (tertiary alicyclic amines) is 1. The fourth-order valence-electron chi connectivity index (χ4n) is 4.83. The van der Waals surface area contributed by atoms with Crippen LogP contribution < -0.4 is 15.4 Å². The summed E-state index contributed by atoms with van der Waals surface area (Å²) in [6.07, 6.45) is 4.05. The second-order valence-electron chi connectivity index (χ2n) is 10.7. The topological polar surface area (TPSA) is 133 Å². The van der Waals surface area contributed by atoms with Crippen molar-refractivity contribution in [1.29, 1.82) is 0 Å². The van der Waals surface area contributed by atoms with Gasteiger partial charge in [0.15, 0.2) is 0 Å². The molecule has 0 bridgehead atoms. The van der Waals surface area contributed by atoms with Crippen molar-refractivity contribution in [3.05, 3.63) is 66.5 Å². The van der Waals surface area contributed by atoms with Crippen LogP contribution in [0.2, 0.25) is 0 Å². The third kappa shape index (κ3) is 6.23. The number of benzene rings is 2. The molecule has 10 nitrogen and oxygen atoms in total. The fraction of sp³-hybridized carbons (Fsp3) is 0.333. The first-order valence-corrected chi connectivity index (χ1v) is 13.4. The minimum Gasteiger partial charge on any atom is -0.465 e. The van der Waals surface area contributed by atoms with Crippen molar-refractivity contribution < 1.29 is 19.7 Å². The highest BCUT2D eigenvalue weighted by molar-refractivity contribution is 5.98. The molecule has 0 saturated carbocycles. The summed E-state index contributed by atoms with van der Waals surface area (Å²) >= 11 is 0. The van der Waals surface area contributed by atoms with Gasteiger partial charge < -0.3 is 30.5 Å². The van der Waals surface area contributed by atoms with Gasteiger partial charge in [-0.1, -0.05) is 24.3 Å². The van der Waals surface area contributed by atoms with Gasteiger partial charge in [-0.05, 0) is 63.4 Å². The number of aryl methyl sites for hydroxylation is 1. The number of pyridine rings is 1. The normalized spacial score (nSPS) is 15.6. The molecule has 2 aromatic carbocycles. The number of ether oxygens (including phenoxy) is 1. The van der Waals surface area contributed by atoms with Crippen LogP contribution in [0.1, 0.15) is 32.3 Å². The van der Waals surface area contributed by atoms with Crippen LogP contribution in [0.3, 0.4) is 0 Å². The molecule has 0 radical (unpaired) electrons. The van der Waals surface area contributed by atoms with E-state index < -0.39 is 11.7 Å². The van der Waals surface area contributed by atoms with Gasteiger partial charge in [-0.25, -0.2) is 19.7 Å². The Bertz CT molecular complexity index is 1520. The monoisotopic (exact) mass is 542 g/mol. The van der Waals surface area contributed by atoms with E-state index in [-0.39, 0.29) is 6.04 Å². The zero-order valence-electron chi connectivity index (χ0n) is 22.9. The van der Waals surface area contributed by atoms with Crippen molar-refractivity contribution in [1.82, 2.24) is 19.9 Å². The van der Waals surface area contributed by atoms with Gasteiger partial charge in [-0.3, -0.25) is 0 Å². The molecule has 10 heteroatoms. The fourth-order valence-corrected chi connectivity index (χ4v) is 4.83. The number of rotatable bonds is 8. The predicted molar refractivity (Wildman–Crippen MR) is 155 cm³/mol. The molecule has 1 atom stereocenters. The molecule has 1 unspecified atom stereocenters. The molecule has 4 aromatic rings. The SMILES string of the molecule is Cc1ccc2c(NCC(C)(C)O)cccc2c1Oc1ncccc1-c1ccnc(NC2CCCN(C(=O)O)C2)n1. The van der Waals surface area contributed by atoms with Crippen LogP contribution in [0.4, 0.5) is 16.4 Å². The van der Waals surface area contributed by atoms with Crippen LogP contribution >= 0.6 is 0 Å². The maximum absolute atomic E-state index is 11.4. The summed E-state index contributed by atoms with van der Waals surface area (Å²) in [4.78, 5) is 26.4.